The minimum atomic E-state index is -1.76. The second-order valence-corrected chi connectivity index (χ2v) is 14.5. The summed E-state index contributed by atoms with van der Waals surface area (Å²) >= 11 is 7.32. The molecule has 0 aromatic heterocycles. The standard InChI is InChI=1S/C15H32ClP/c1-3-5-7-9-13-17(16,12-6-4-2)14-10-8-11-15-17/h3-15H2,1-2H3. The van der Waals surface area contributed by atoms with Gasteiger partial charge in [-0.1, -0.05) is 0 Å². The third-order valence-electron chi connectivity index (χ3n) is 4.57. The third kappa shape index (κ3) is 5.07. The predicted molar refractivity (Wildman–Crippen MR) is 85.1 cm³/mol. The molecule has 0 atom stereocenters. The minimum absolute atomic E-state index is 1.32. The van der Waals surface area contributed by atoms with Crippen LogP contribution in [0.3, 0.4) is 0 Å². The molecule has 0 aliphatic carbocycles. The van der Waals surface area contributed by atoms with Gasteiger partial charge in [-0.3, -0.25) is 0 Å². The van der Waals surface area contributed by atoms with Gasteiger partial charge in [0.1, 0.15) is 0 Å². The van der Waals surface area contributed by atoms with E-state index in [1.165, 1.54) is 82.4 Å². The summed E-state index contributed by atoms with van der Waals surface area (Å²) in [4.78, 5) is 0. The van der Waals surface area contributed by atoms with Crippen molar-refractivity contribution in [1.29, 1.82) is 0 Å². The van der Waals surface area contributed by atoms with Crippen LogP contribution in [0.25, 0.3) is 0 Å². The summed E-state index contributed by atoms with van der Waals surface area (Å²) in [6.45, 7) is 4.60. The van der Waals surface area contributed by atoms with Crippen LogP contribution in [0.2, 0.25) is 0 Å². The summed E-state index contributed by atoms with van der Waals surface area (Å²) in [6, 6.07) is 0. The average molecular weight is 279 g/mol. The number of unbranched alkanes of at least 4 members (excludes halogenated alkanes) is 4. The monoisotopic (exact) mass is 278 g/mol. The Balaban J connectivity index is 2.51. The Labute approximate surface area is 114 Å². The molecule has 0 amide bonds. The zero-order chi connectivity index (χ0) is 12.6. The van der Waals surface area contributed by atoms with Crippen LogP contribution in [0.1, 0.15) is 71.6 Å². The fourth-order valence-electron chi connectivity index (χ4n) is 3.35. The van der Waals surface area contributed by atoms with Gasteiger partial charge in [0.2, 0.25) is 0 Å². The first kappa shape index (κ1) is 15.8. The molecular formula is C15H32ClP. The van der Waals surface area contributed by atoms with Crippen molar-refractivity contribution >= 4 is 17.2 Å². The van der Waals surface area contributed by atoms with Crippen molar-refractivity contribution in [2.75, 3.05) is 24.6 Å². The molecule has 0 aromatic carbocycles. The van der Waals surface area contributed by atoms with Gasteiger partial charge in [-0.15, -0.1) is 0 Å². The molecule has 1 rings (SSSR count). The Morgan fingerprint density at radius 2 is 1.35 bits per heavy atom. The number of hydrogen-bond donors (Lipinski definition) is 0. The maximum absolute atomic E-state index is 7.32. The topological polar surface area (TPSA) is 0 Å². The molecule has 0 aromatic rings. The Hall–Kier alpha value is 0.720. The van der Waals surface area contributed by atoms with Crippen LogP contribution in [0.5, 0.6) is 0 Å². The van der Waals surface area contributed by atoms with Crippen LogP contribution < -0.4 is 0 Å². The Morgan fingerprint density at radius 3 is 1.94 bits per heavy atom. The van der Waals surface area contributed by atoms with Crippen LogP contribution in [-0.4, -0.2) is 24.6 Å². The van der Waals surface area contributed by atoms with E-state index in [-0.39, 0.29) is 0 Å². The van der Waals surface area contributed by atoms with Gasteiger partial charge in [-0.25, -0.2) is 0 Å². The normalized spacial score (nSPS) is 25.0. The van der Waals surface area contributed by atoms with Crippen molar-refractivity contribution in [3.8, 4) is 0 Å². The molecule has 0 bridgehead atoms. The third-order valence-corrected chi connectivity index (χ3v) is 12.3. The quantitative estimate of drug-likeness (QED) is 0.363. The van der Waals surface area contributed by atoms with Crippen LogP contribution in [-0.2, 0) is 0 Å². The molecule has 104 valence electrons. The zero-order valence-electron chi connectivity index (χ0n) is 12.0. The number of halogens is 1. The van der Waals surface area contributed by atoms with Crippen molar-refractivity contribution in [3.63, 3.8) is 0 Å². The molecule has 0 nitrogen and oxygen atoms in total. The maximum atomic E-state index is 7.32. The van der Waals surface area contributed by atoms with Gasteiger partial charge in [-0.05, 0) is 0 Å². The summed E-state index contributed by atoms with van der Waals surface area (Å²) in [5, 5.41) is 0. The van der Waals surface area contributed by atoms with E-state index in [0.717, 1.165) is 0 Å². The fourth-order valence-corrected chi connectivity index (χ4v) is 10.3. The van der Waals surface area contributed by atoms with Gasteiger partial charge in [0.05, 0.1) is 0 Å². The van der Waals surface area contributed by atoms with E-state index in [1.54, 1.807) is 0 Å². The number of hydrogen-bond acceptors (Lipinski definition) is 0. The molecular weight excluding hydrogens is 247 g/mol. The first-order chi connectivity index (χ1) is 8.13. The van der Waals surface area contributed by atoms with Crippen molar-refractivity contribution < 1.29 is 0 Å². The zero-order valence-corrected chi connectivity index (χ0v) is 13.7. The summed E-state index contributed by atoms with van der Waals surface area (Å²) in [5.41, 5.74) is 0. The molecule has 2 heteroatoms. The van der Waals surface area contributed by atoms with Gasteiger partial charge < -0.3 is 0 Å². The van der Waals surface area contributed by atoms with Crippen LogP contribution >= 0.6 is 17.2 Å². The van der Waals surface area contributed by atoms with Crippen molar-refractivity contribution in [3.05, 3.63) is 0 Å². The van der Waals surface area contributed by atoms with E-state index in [9.17, 15) is 0 Å². The Bertz CT molecular complexity index is 209. The molecule has 0 unspecified atom stereocenters. The SMILES string of the molecule is CCCCCCP1(Cl)(CCCC)CCCCC1. The van der Waals surface area contributed by atoms with Crippen LogP contribution in [0, 0.1) is 0 Å². The van der Waals surface area contributed by atoms with Crippen LogP contribution in [0.15, 0.2) is 0 Å². The second-order valence-electron chi connectivity index (χ2n) is 6.19. The van der Waals surface area contributed by atoms with E-state index >= 15 is 0 Å². The molecule has 0 N–H and O–H groups in total. The van der Waals surface area contributed by atoms with Gasteiger partial charge >= 0.3 is 113 Å². The van der Waals surface area contributed by atoms with Gasteiger partial charge in [-0.2, -0.15) is 0 Å². The summed E-state index contributed by atoms with van der Waals surface area (Å²) in [7, 11) is 0. The molecule has 0 saturated carbocycles. The van der Waals surface area contributed by atoms with Crippen molar-refractivity contribution in [2.45, 2.75) is 71.6 Å². The molecule has 1 aliphatic heterocycles. The Kier molecular flexibility index (Phi) is 6.82. The average Bonchev–Trinajstić information content (AvgIpc) is 2.34. The van der Waals surface area contributed by atoms with Gasteiger partial charge in [0.15, 0.2) is 0 Å². The molecule has 1 saturated heterocycles. The molecule has 0 spiro atoms. The number of rotatable bonds is 8. The van der Waals surface area contributed by atoms with Gasteiger partial charge in [0.25, 0.3) is 0 Å². The van der Waals surface area contributed by atoms with Crippen molar-refractivity contribution in [2.24, 2.45) is 0 Å². The summed E-state index contributed by atoms with van der Waals surface area (Å²) in [5.74, 6) is -1.76. The van der Waals surface area contributed by atoms with Crippen LogP contribution in [0.4, 0.5) is 0 Å². The predicted octanol–water partition coefficient (Wildman–Crippen LogP) is 6.26. The van der Waals surface area contributed by atoms with E-state index in [4.69, 9.17) is 11.2 Å². The van der Waals surface area contributed by atoms with E-state index in [1.807, 2.05) is 0 Å². The molecule has 1 heterocycles. The summed E-state index contributed by atoms with van der Waals surface area (Å²) in [6.07, 6.45) is 18.1. The molecule has 1 fully saturated rings. The Morgan fingerprint density at radius 1 is 0.765 bits per heavy atom. The summed E-state index contributed by atoms with van der Waals surface area (Å²) < 4.78 is 0. The van der Waals surface area contributed by atoms with E-state index in [0.29, 0.717) is 0 Å². The molecule has 17 heavy (non-hydrogen) atoms. The van der Waals surface area contributed by atoms with Crippen molar-refractivity contribution in [1.82, 2.24) is 0 Å². The molecule has 1 aliphatic rings. The van der Waals surface area contributed by atoms with E-state index in [2.05, 4.69) is 13.8 Å². The fraction of sp³-hybridized carbons (Fsp3) is 1.00. The first-order valence-corrected chi connectivity index (χ1v) is 11.7. The van der Waals surface area contributed by atoms with Gasteiger partial charge in [0, 0.05) is 0 Å². The first-order valence-electron chi connectivity index (χ1n) is 7.85. The second kappa shape index (κ2) is 7.34. The molecule has 0 radical (unpaired) electrons. The van der Waals surface area contributed by atoms with E-state index < -0.39 is 5.96 Å².